The molecule has 0 aliphatic carbocycles. The first-order valence-corrected chi connectivity index (χ1v) is 7.48. The Labute approximate surface area is 115 Å². The number of nitrogen functional groups attached to an aromatic ring is 1. The molecule has 2 atom stereocenters. The summed E-state index contributed by atoms with van der Waals surface area (Å²) in [7, 11) is 0. The highest BCUT2D eigenvalue weighted by Crippen LogP contribution is 2.28. The van der Waals surface area contributed by atoms with E-state index in [4.69, 9.17) is 5.73 Å². The first-order valence-electron chi connectivity index (χ1n) is 7.48. The lowest BCUT2D eigenvalue weighted by molar-refractivity contribution is 0.0984. The minimum Gasteiger partial charge on any atom is -0.384 e. The van der Waals surface area contributed by atoms with E-state index in [0.717, 1.165) is 18.5 Å². The highest BCUT2D eigenvalue weighted by atomic mass is 15.2. The van der Waals surface area contributed by atoms with E-state index >= 15 is 0 Å². The summed E-state index contributed by atoms with van der Waals surface area (Å²) in [5.74, 6) is 1.47. The second-order valence-corrected chi connectivity index (χ2v) is 5.88. The average Bonchev–Trinajstić information content (AvgIpc) is 2.93. The van der Waals surface area contributed by atoms with Crippen LogP contribution in [0.5, 0.6) is 0 Å². The SMILES string of the molecule is Nc1cc(CN2CCCCC2C2CCNC2)ccn1. The van der Waals surface area contributed by atoms with Gasteiger partial charge in [-0.15, -0.1) is 0 Å². The van der Waals surface area contributed by atoms with Gasteiger partial charge in [-0.1, -0.05) is 6.42 Å². The maximum atomic E-state index is 5.78. The number of rotatable bonds is 3. The van der Waals surface area contributed by atoms with Crippen LogP contribution in [-0.2, 0) is 6.54 Å². The van der Waals surface area contributed by atoms with Crippen molar-refractivity contribution in [2.24, 2.45) is 5.92 Å². The third kappa shape index (κ3) is 3.07. The number of likely N-dealkylation sites (tertiary alicyclic amines) is 1. The van der Waals surface area contributed by atoms with Crippen molar-refractivity contribution in [3.05, 3.63) is 23.9 Å². The zero-order chi connectivity index (χ0) is 13.1. The summed E-state index contributed by atoms with van der Waals surface area (Å²) >= 11 is 0. The van der Waals surface area contributed by atoms with Crippen LogP contribution < -0.4 is 11.1 Å². The van der Waals surface area contributed by atoms with Crippen molar-refractivity contribution in [3.8, 4) is 0 Å². The molecular weight excluding hydrogens is 236 g/mol. The third-order valence-corrected chi connectivity index (χ3v) is 4.54. The van der Waals surface area contributed by atoms with Crippen molar-refractivity contribution in [1.82, 2.24) is 15.2 Å². The predicted molar refractivity (Wildman–Crippen MR) is 77.7 cm³/mol. The Bertz CT molecular complexity index is 414. The summed E-state index contributed by atoms with van der Waals surface area (Å²) in [5, 5.41) is 3.51. The fraction of sp³-hybridized carbons (Fsp3) is 0.667. The van der Waals surface area contributed by atoms with E-state index in [1.54, 1.807) is 0 Å². The van der Waals surface area contributed by atoms with Crippen LogP contribution >= 0.6 is 0 Å². The summed E-state index contributed by atoms with van der Waals surface area (Å²) < 4.78 is 0. The molecule has 3 N–H and O–H groups in total. The lowest BCUT2D eigenvalue weighted by Gasteiger charge is -2.39. The maximum Gasteiger partial charge on any atom is 0.123 e. The quantitative estimate of drug-likeness (QED) is 0.867. The third-order valence-electron chi connectivity index (χ3n) is 4.54. The standard InChI is InChI=1S/C15H24N4/c16-15-9-12(4-7-18-15)11-19-8-2-1-3-14(19)13-5-6-17-10-13/h4,7,9,13-14,17H,1-3,5-6,8,10-11H2,(H2,16,18). The molecule has 3 heterocycles. The maximum absolute atomic E-state index is 5.78. The minimum absolute atomic E-state index is 0.633. The number of nitrogens with one attached hydrogen (secondary N) is 1. The molecule has 2 fully saturated rings. The number of pyridine rings is 1. The van der Waals surface area contributed by atoms with Crippen LogP contribution in [0.4, 0.5) is 5.82 Å². The molecule has 1 aromatic rings. The molecule has 0 saturated carbocycles. The van der Waals surface area contributed by atoms with Gasteiger partial charge in [0.2, 0.25) is 0 Å². The van der Waals surface area contributed by atoms with Crippen LogP contribution in [0.3, 0.4) is 0 Å². The van der Waals surface area contributed by atoms with Gasteiger partial charge in [-0.3, -0.25) is 4.90 Å². The minimum atomic E-state index is 0.633. The van der Waals surface area contributed by atoms with Crippen molar-refractivity contribution < 1.29 is 0 Å². The summed E-state index contributed by atoms with van der Waals surface area (Å²) in [6.45, 7) is 4.63. The van der Waals surface area contributed by atoms with Gasteiger partial charge in [0.15, 0.2) is 0 Å². The molecule has 0 bridgehead atoms. The number of aromatic nitrogens is 1. The van der Waals surface area contributed by atoms with Crippen LogP contribution in [-0.4, -0.2) is 35.6 Å². The zero-order valence-corrected chi connectivity index (χ0v) is 11.5. The van der Waals surface area contributed by atoms with Gasteiger partial charge in [0.1, 0.15) is 5.82 Å². The molecular formula is C15H24N4. The molecule has 0 amide bonds. The fourth-order valence-corrected chi connectivity index (χ4v) is 3.58. The van der Waals surface area contributed by atoms with Crippen LogP contribution in [0.1, 0.15) is 31.2 Å². The van der Waals surface area contributed by atoms with E-state index in [1.165, 1.54) is 50.9 Å². The highest BCUT2D eigenvalue weighted by Gasteiger charge is 2.31. The number of anilines is 1. The number of piperidine rings is 1. The van der Waals surface area contributed by atoms with Crippen LogP contribution in [0.2, 0.25) is 0 Å². The average molecular weight is 260 g/mol. The van der Waals surface area contributed by atoms with Gasteiger partial charge in [-0.05, 0) is 62.5 Å². The Morgan fingerprint density at radius 2 is 2.32 bits per heavy atom. The van der Waals surface area contributed by atoms with Crippen molar-refractivity contribution in [2.45, 2.75) is 38.3 Å². The van der Waals surface area contributed by atoms with Crippen molar-refractivity contribution >= 4 is 5.82 Å². The summed E-state index contributed by atoms with van der Waals surface area (Å²) in [6, 6.07) is 4.85. The molecule has 2 aliphatic heterocycles. The van der Waals surface area contributed by atoms with E-state index in [2.05, 4.69) is 21.3 Å². The molecule has 4 heteroatoms. The van der Waals surface area contributed by atoms with Crippen LogP contribution in [0.25, 0.3) is 0 Å². The van der Waals surface area contributed by atoms with E-state index in [0.29, 0.717) is 5.82 Å². The van der Waals surface area contributed by atoms with Gasteiger partial charge in [-0.25, -0.2) is 4.98 Å². The predicted octanol–water partition coefficient (Wildman–Crippen LogP) is 1.63. The molecule has 0 aromatic carbocycles. The molecule has 19 heavy (non-hydrogen) atoms. The van der Waals surface area contributed by atoms with E-state index in [-0.39, 0.29) is 0 Å². The highest BCUT2D eigenvalue weighted by molar-refractivity contribution is 5.31. The number of nitrogens with zero attached hydrogens (tertiary/aromatic N) is 2. The molecule has 0 spiro atoms. The first-order chi connectivity index (χ1) is 9.33. The number of hydrogen-bond acceptors (Lipinski definition) is 4. The molecule has 0 radical (unpaired) electrons. The summed E-state index contributed by atoms with van der Waals surface area (Å²) in [4.78, 5) is 6.74. The summed E-state index contributed by atoms with van der Waals surface area (Å²) in [6.07, 6.45) is 7.22. The van der Waals surface area contributed by atoms with Gasteiger partial charge in [0.25, 0.3) is 0 Å². The van der Waals surface area contributed by atoms with Gasteiger partial charge < -0.3 is 11.1 Å². The fourth-order valence-electron chi connectivity index (χ4n) is 3.58. The van der Waals surface area contributed by atoms with Crippen molar-refractivity contribution in [2.75, 3.05) is 25.4 Å². The molecule has 2 saturated heterocycles. The van der Waals surface area contributed by atoms with Gasteiger partial charge in [-0.2, -0.15) is 0 Å². The topological polar surface area (TPSA) is 54.2 Å². The second kappa shape index (κ2) is 5.88. The smallest absolute Gasteiger partial charge is 0.123 e. The Morgan fingerprint density at radius 3 is 3.11 bits per heavy atom. The molecule has 2 aliphatic rings. The number of nitrogens with two attached hydrogens (primary N) is 1. The zero-order valence-electron chi connectivity index (χ0n) is 11.5. The normalized spacial score (nSPS) is 28.6. The van der Waals surface area contributed by atoms with E-state index in [1.807, 2.05) is 12.3 Å². The second-order valence-electron chi connectivity index (χ2n) is 5.88. The molecule has 3 rings (SSSR count). The van der Waals surface area contributed by atoms with E-state index < -0.39 is 0 Å². The first kappa shape index (κ1) is 12.9. The lowest BCUT2D eigenvalue weighted by Crippen LogP contribution is -2.44. The Balaban J connectivity index is 1.69. The Hall–Kier alpha value is -1.13. The van der Waals surface area contributed by atoms with E-state index in [9.17, 15) is 0 Å². The largest absolute Gasteiger partial charge is 0.384 e. The van der Waals surface area contributed by atoms with Crippen molar-refractivity contribution in [3.63, 3.8) is 0 Å². The molecule has 2 unspecified atom stereocenters. The van der Waals surface area contributed by atoms with Crippen LogP contribution in [0.15, 0.2) is 18.3 Å². The van der Waals surface area contributed by atoms with Gasteiger partial charge in [0, 0.05) is 18.8 Å². The monoisotopic (exact) mass is 260 g/mol. The Morgan fingerprint density at radius 1 is 1.37 bits per heavy atom. The summed E-state index contributed by atoms with van der Waals surface area (Å²) in [5.41, 5.74) is 7.08. The lowest BCUT2D eigenvalue weighted by atomic mass is 9.89. The van der Waals surface area contributed by atoms with Crippen LogP contribution in [0, 0.1) is 5.92 Å². The Kier molecular flexibility index (Phi) is 3.99. The molecule has 104 valence electrons. The van der Waals surface area contributed by atoms with Gasteiger partial charge in [0.05, 0.1) is 0 Å². The molecule has 1 aromatic heterocycles. The van der Waals surface area contributed by atoms with Crippen molar-refractivity contribution in [1.29, 1.82) is 0 Å². The number of hydrogen-bond donors (Lipinski definition) is 2. The molecule has 4 nitrogen and oxygen atoms in total. The van der Waals surface area contributed by atoms with Gasteiger partial charge >= 0.3 is 0 Å².